The summed E-state index contributed by atoms with van der Waals surface area (Å²) in [6.45, 7) is 0. The van der Waals surface area contributed by atoms with E-state index in [-0.39, 0.29) is 21.6 Å². The second kappa shape index (κ2) is 3.47. The van der Waals surface area contributed by atoms with Crippen molar-refractivity contribution in [3.8, 4) is 0 Å². The van der Waals surface area contributed by atoms with Crippen LogP contribution in [0.4, 0.5) is 4.39 Å². The highest BCUT2D eigenvalue weighted by atomic mass is 35.5. The Bertz CT molecular complexity index is 556. The number of hydrogen-bond acceptors (Lipinski definition) is 2. The van der Waals surface area contributed by atoms with Gasteiger partial charge in [-0.2, -0.15) is 0 Å². The Kier molecular flexibility index (Phi) is 2.28. The molecule has 2 rings (SSSR count). The molecule has 0 amide bonds. The maximum atomic E-state index is 13.3. The first kappa shape index (κ1) is 9.86. The van der Waals surface area contributed by atoms with Crippen molar-refractivity contribution in [2.24, 2.45) is 0 Å². The van der Waals surface area contributed by atoms with Gasteiger partial charge in [0.15, 0.2) is 0 Å². The van der Waals surface area contributed by atoms with Gasteiger partial charge >= 0.3 is 5.97 Å². The lowest BCUT2D eigenvalue weighted by molar-refractivity contribution is 0.0699. The second-order valence-corrected chi connectivity index (χ2v) is 3.32. The lowest BCUT2D eigenvalue weighted by Crippen LogP contribution is -2.00. The van der Waals surface area contributed by atoms with Crippen molar-refractivity contribution in [3.63, 3.8) is 0 Å². The van der Waals surface area contributed by atoms with Crippen LogP contribution in [-0.4, -0.2) is 16.1 Å². The Hall–Kier alpha value is -1.68. The zero-order valence-corrected chi connectivity index (χ0v) is 8.12. The van der Waals surface area contributed by atoms with Crippen LogP contribution >= 0.6 is 11.6 Å². The van der Waals surface area contributed by atoms with Gasteiger partial charge < -0.3 is 5.11 Å². The fourth-order valence-corrected chi connectivity index (χ4v) is 1.48. The molecule has 76 valence electrons. The molecule has 1 aromatic heterocycles. The summed E-state index contributed by atoms with van der Waals surface area (Å²) in [5.41, 5.74) is 0.00361. The quantitative estimate of drug-likeness (QED) is 0.760. The summed E-state index contributed by atoms with van der Waals surface area (Å²) in [5, 5.41) is 9.15. The highest BCUT2D eigenvalue weighted by Crippen LogP contribution is 2.22. The third-order valence-electron chi connectivity index (χ3n) is 2.00. The lowest BCUT2D eigenvalue weighted by atomic mass is 10.1. The molecule has 0 aliphatic heterocycles. The Morgan fingerprint density at radius 1 is 1.33 bits per heavy atom. The normalized spacial score (nSPS) is 10.5. The van der Waals surface area contributed by atoms with Crippen LogP contribution in [0.3, 0.4) is 0 Å². The minimum atomic E-state index is -1.16. The van der Waals surface area contributed by atoms with Gasteiger partial charge in [-0.15, -0.1) is 0 Å². The fraction of sp³-hybridized carbons (Fsp3) is 0. The van der Waals surface area contributed by atoms with E-state index in [2.05, 4.69) is 4.98 Å². The maximum Gasteiger partial charge on any atom is 0.337 e. The molecule has 3 nitrogen and oxygen atoms in total. The number of halogens is 2. The van der Waals surface area contributed by atoms with E-state index in [9.17, 15) is 9.18 Å². The van der Waals surface area contributed by atoms with Gasteiger partial charge in [0.1, 0.15) is 11.0 Å². The number of rotatable bonds is 1. The summed E-state index contributed by atoms with van der Waals surface area (Å²) in [4.78, 5) is 14.6. The molecule has 0 bridgehead atoms. The first-order valence-electron chi connectivity index (χ1n) is 4.07. The van der Waals surface area contributed by atoms with Gasteiger partial charge in [0.05, 0.1) is 11.1 Å². The predicted octanol–water partition coefficient (Wildman–Crippen LogP) is 2.73. The van der Waals surface area contributed by atoms with E-state index in [0.717, 1.165) is 6.07 Å². The van der Waals surface area contributed by atoms with Gasteiger partial charge in [-0.3, -0.25) is 0 Å². The van der Waals surface area contributed by atoms with E-state index < -0.39 is 11.8 Å². The first-order valence-corrected chi connectivity index (χ1v) is 4.45. The molecule has 0 fully saturated rings. The third kappa shape index (κ3) is 1.64. The van der Waals surface area contributed by atoms with Gasteiger partial charge in [0.25, 0.3) is 0 Å². The van der Waals surface area contributed by atoms with Crippen LogP contribution in [0, 0.1) is 5.82 Å². The molecule has 2 aromatic rings. The molecule has 1 heterocycles. The van der Waals surface area contributed by atoms with Crippen molar-refractivity contribution in [1.82, 2.24) is 4.98 Å². The van der Waals surface area contributed by atoms with Crippen LogP contribution in [0.25, 0.3) is 10.9 Å². The number of hydrogen-bond donors (Lipinski definition) is 1. The van der Waals surface area contributed by atoms with E-state index in [1.165, 1.54) is 18.2 Å². The monoisotopic (exact) mass is 225 g/mol. The molecule has 1 aromatic carbocycles. The van der Waals surface area contributed by atoms with Crippen LogP contribution in [0.5, 0.6) is 0 Å². The van der Waals surface area contributed by atoms with E-state index in [1.807, 2.05) is 0 Å². The molecule has 0 atom stereocenters. The van der Waals surface area contributed by atoms with Crippen LogP contribution in [-0.2, 0) is 0 Å². The Labute approximate surface area is 89.1 Å². The number of aromatic nitrogens is 1. The van der Waals surface area contributed by atoms with Crippen molar-refractivity contribution >= 4 is 28.5 Å². The van der Waals surface area contributed by atoms with Crippen LogP contribution in [0.1, 0.15) is 10.4 Å². The van der Waals surface area contributed by atoms with Crippen LogP contribution < -0.4 is 0 Å². The van der Waals surface area contributed by atoms with E-state index in [1.54, 1.807) is 0 Å². The molecular formula is C10H5ClFNO2. The summed E-state index contributed by atoms with van der Waals surface area (Å²) < 4.78 is 13.3. The number of pyridine rings is 1. The first-order chi connectivity index (χ1) is 7.09. The number of aromatic carboxylic acids is 1. The lowest BCUT2D eigenvalue weighted by Gasteiger charge is -2.02. The third-order valence-corrected chi connectivity index (χ3v) is 2.21. The number of fused-ring (bicyclic) bond motifs is 1. The molecular weight excluding hydrogens is 221 g/mol. The molecule has 0 radical (unpaired) electrons. The van der Waals surface area contributed by atoms with E-state index in [4.69, 9.17) is 16.7 Å². The summed E-state index contributed by atoms with van der Waals surface area (Å²) in [6.07, 6.45) is 0. The average molecular weight is 226 g/mol. The zero-order valence-electron chi connectivity index (χ0n) is 7.37. The largest absolute Gasteiger partial charge is 0.478 e. The van der Waals surface area contributed by atoms with Crippen LogP contribution in [0.15, 0.2) is 24.3 Å². The second-order valence-electron chi connectivity index (χ2n) is 2.93. The van der Waals surface area contributed by atoms with E-state index >= 15 is 0 Å². The standard InChI is InChI=1S/C10H5ClFNO2/c11-8-4-2-5-7(12)3-1-6(10(14)15)9(5)13-8/h1-4H,(H,14,15). The van der Waals surface area contributed by atoms with Crippen molar-refractivity contribution in [2.75, 3.05) is 0 Å². The summed E-state index contributed by atoms with van der Waals surface area (Å²) >= 11 is 5.62. The van der Waals surface area contributed by atoms with Crippen molar-refractivity contribution in [1.29, 1.82) is 0 Å². The molecule has 15 heavy (non-hydrogen) atoms. The predicted molar refractivity (Wildman–Crippen MR) is 53.7 cm³/mol. The summed E-state index contributed by atoms with van der Waals surface area (Å²) in [5.74, 6) is -1.67. The number of benzene rings is 1. The van der Waals surface area contributed by atoms with Gasteiger partial charge in [-0.25, -0.2) is 14.2 Å². The molecule has 0 spiro atoms. The van der Waals surface area contributed by atoms with Gasteiger partial charge in [-0.1, -0.05) is 11.6 Å². The number of carboxylic acid groups (broad SMARTS) is 1. The minimum Gasteiger partial charge on any atom is -0.478 e. The molecule has 1 N–H and O–H groups in total. The van der Waals surface area contributed by atoms with Gasteiger partial charge in [-0.05, 0) is 24.3 Å². The number of carboxylic acids is 1. The molecule has 0 aliphatic rings. The molecule has 0 saturated heterocycles. The number of carbonyl (C=O) groups is 1. The van der Waals surface area contributed by atoms with Crippen molar-refractivity contribution in [2.45, 2.75) is 0 Å². The smallest absolute Gasteiger partial charge is 0.337 e. The topological polar surface area (TPSA) is 50.2 Å². The average Bonchev–Trinajstić information content (AvgIpc) is 2.17. The maximum absolute atomic E-state index is 13.3. The van der Waals surface area contributed by atoms with Crippen molar-refractivity contribution in [3.05, 3.63) is 40.8 Å². The number of nitrogens with zero attached hydrogens (tertiary/aromatic N) is 1. The van der Waals surface area contributed by atoms with E-state index in [0.29, 0.717) is 0 Å². The zero-order chi connectivity index (χ0) is 11.0. The molecule has 0 unspecified atom stereocenters. The molecule has 0 saturated carbocycles. The Morgan fingerprint density at radius 2 is 2.07 bits per heavy atom. The van der Waals surface area contributed by atoms with Gasteiger partial charge in [0, 0.05) is 5.39 Å². The minimum absolute atomic E-state index is 0.0612. The summed E-state index contributed by atoms with van der Waals surface area (Å²) in [6, 6.07) is 5.09. The molecule has 0 aliphatic carbocycles. The molecule has 5 heteroatoms. The fourth-order valence-electron chi connectivity index (χ4n) is 1.33. The van der Waals surface area contributed by atoms with Gasteiger partial charge in [0.2, 0.25) is 0 Å². The highest BCUT2D eigenvalue weighted by molar-refractivity contribution is 6.29. The highest BCUT2D eigenvalue weighted by Gasteiger charge is 2.12. The van der Waals surface area contributed by atoms with Crippen molar-refractivity contribution < 1.29 is 14.3 Å². The SMILES string of the molecule is O=C(O)c1ccc(F)c2ccc(Cl)nc12. The summed E-state index contributed by atoms with van der Waals surface area (Å²) in [7, 11) is 0. The Morgan fingerprint density at radius 3 is 2.73 bits per heavy atom. The van der Waals surface area contributed by atoms with Crippen LogP contribution in [0.2, 0.25) is 5.15 Å². The Balaban J connectivity index is 2.90.